The van der Waals surface area contributed by atoms with Crippen molar-refractivity contribution in [1.82, 2.24) is 0 Å². The summed E-state index contributed by atoms with van der Waals surface area (Å²) in [6.45, 7) is 8.54. The molecule has 4 heteroatoms. The van der Waals surface area contributed by atoms with Gasteiger partial charge in [0.1, 0.15) is 0 Å². The average molecular weight is 268 g/mol. The van der Waals surface area contributed by atoms with Crippen LogP contribution in [0.15, 0.2) is 6.07 Å². The molecular weight excluding hydrogens is 252 g/mol. The molecule has 0 radical (unpaired) electrons. The zero-order valence-electron chi connectivity index (χ0n) is 10.7. The monoisotopic (exact) mass is 268 g/mol. The van der Waals surface area contributed by atoms with Crippen LogP contribution in [-0.4, -0.2) is 13.1 Å². The predicted molar refractivity (Wildman–Crippen MR) is 74.5 cm³/mol. The molecule has 17 heavy (non-hydrogen) atoms. The molecule has 2 aromatic heterocycles. The van der Waals surface area contributed by atoms with Crippen molar-refractivity contribution in [2.75, 3.05) is 7.11 Å². The van der Waals surface area contributed by atoms with Crippen LogP contribution in [0.2, 0.25) is 0 Å². The number of hydrogen-bond acceptors (Lipinski definition) is 4. The Hall–Kier alpha value is -0.870. The van der Waals surface area contributed by atoms with Crippen molar-refractivity contribution in [2.45, 2.75) is 33.1 Å². The van der Waals surface area contributed by atoms with Gasteiger partial charge in [0.2, 0.25) is 0 Å². The number of carbonyl (C=O) groups is 1. The summed E-state index contributed by atoms with van der Waals surface area (Å²) < 4.78 is 7.12. The average Bonchev–Trinajstić information content (AvgIpc) is 2.72. The maximum Gasteiger partial charge on any atom is 0.340 e. The number of thiophene rings is 2. The minimum Gasteiger partial charge on any atom is -0.465 e. The fourth-order valence-electron chi connectivity index (χ4n) is 1.71. The van der Waals surface area contributed by atoms with Crippen molar-refractivity contribution in [1.29, 1.82) is 0 Å². The number of ether oxygens (including phenoxy) is 1. The van der Waals surface area contributed by atoms with Gasteiger partial charge in [-0.1, -0.05) is 20.8 Å². The zero-order chi connectivity index (χ0) is 12.8. The van der Waals surface area contributed by atoms with Gasteiger partial charge in [0, 0.05) is 14.5 Å². The Bertz CT molecular complexity index is 570. The highest BCUT2D eigenvalue weighted by Crippen LogP contribution is 2.41. The molecule has 0 atom stereocenters. The van der Waals surface area contributed by atoms with E-state index in [-0.39, 0.29) is 11.4 Å². The third-order valence-corrected chi connectivity index (χ3v) is 5.43. The van der Waals surface area contributed by atoms with Crippen LogP contribution < -0.4 is 0 Å². The predicted octanol–water partition coefficient (Wildman–Crippen LogP) is 4.36. The van der Waals surface area contributed by atoms with Gasteiger partial charge < -0.3 is 4.74 Å². The lowest BCUT2D eigenvalue weighted by atomic mass is 9.95. The highest BCUT2D eigenvalue weighted by Gasteiger charge is 2.23. The van der Waals surface area contributed by atoms with E-state index in [1.165, 1.54) is 16.7 Å². The summed E-state index contributed by atoms with van der Waals surface area (Å²) >= 11 is 3.37. The summed E-state index contributed by atoms with van der Waals surface area (Å²) in [4.78, 5) is 14.1. The van der Waals surface area contributed by atoms with Crippen molar-refractivity contribution in [3.8, 4) is 0 Å². The van der Waals surface area contributed by atoms with E-state index < -0.39 is 0 Å². The number of rotatable bonds is 1. The molecule has 2 nitrogen and oxygen atoms in total. The molecule has 0 N–H and O–H groups in total. The minimum absolute atomic E-state index is 0.130. The summed E-state index contributed by atoms with van der Waals surface area (Å²) in [6.07, 6.45) is 0. The van der Waals surface area contributed by atoms with E-state index >= 15 is 0 Å². The molecular formula is C13H16O2S2. The van der Waals surface area contributed by atoms with Crippen LogP contribution in [0.4, 0.5) is 0 Å². The van der Waals surface area contributed by atoms with E-state index in [0.29, 0.717) is 0 Å². The summed E-state index contributed by atoms with van der Waals surface area (Å²) in [5, 5.41) is 0. The first-order chi connectivity index (χ1) is 7.84. The molecule has 0 bridgehead atoms. The molecule has 0 aliphatic rings. The van der Waals surface area contributed by atoms with Crippen molar-refractivity contribution >= 4 is 38.0 Å². The number of methoxy groups -OCH3 is 1. The van der Waals surface area contributed by atoms with Gasteiger partial charge in [-0.3, -0.25) is 0 Å². The van der Waals surface area contributed by atoms with Crippen molar-refractivity contribution < 1.29 is 9.53 Å². The van der Waals surface area contributed by atoms with Crippen LogP contribution in [0, 0.1) is 6.92 Å². The quantitative estimate of drug-likeness (QED) is 0.718. The van der Waals surface area contributed by atoms with E-state index in [2.05, 4.69) is 26.8 Å². The first-order valence-electron chi connectivity index (χ1n) is 5.46. The van der Waals surface area contributed by atoms with Crippen LogP contribution in [0.1, 0.15) is 40.9 Å². The fourth-order valence-corrected chi connectivity index (χ4v) is 4.29. The Labute approximate surface area is 109 Å². The lowest BCUT2D eigenvalue weighted by molar-refractivity contribution is 0.0603. The maximum atomic E-state index is 11.8. The van der Waals surface area contributed by atoms with Gasteiger partial charge in [-0.15, -0.1) is 22.7 Å². The third kappa shape index (κ3) is 2.11. The van der Waals surface area contributed by atoms with Crippen LogP contribution in [0.3, 0.4) is 0 Å². The van der Waals surface area contributed by atoms with Crippen LogP contribution >= 0.6 is 22.7 Å². The first kappa shape index (κ1) is 12.6. The lowest BCUT2D eigenvalue weighted by Crippen LogP contribution is -2.07. The number of fused-ring (bicyclic) bond motifs is 1. The Morgan fingerprint density at radius 1 is 1.29 bits per heavy atom. The van der Waals surface area contributed by atoms with E-state index in [4.69, 9.17) is 4.74 Å². The van der Waals surface area contributed by atoms with Gasteiger partial charge in [0.25, 0.3) is 0 Å². The smallest absolute Gasteiger partial charge is 0.340 e. The molecule has 0 amide bonds. The van der Waals surface area contributed by atoms with E-state index in [1.54, 1.807) is 22.7 Å². The number of aryl methyl sites for hydroxylation is 1. The number of hydrogen-bond donors (Lipinski definition) is 0. The SMILES string of the molecule is COC(=O)c1c(C)sc2cc(C(C)(C)C)sc12. The van der Waals surface area contributed by atoms with Gasteiger partial charge in [0.05, 0.1) is 17.4 Å². The largest absolute Gasteiger partial charge is 0.465 e. The maximum absolute atomic E-state index is 11.8. The topological polar surface area (TPSA) is 26.3 Å². The summed E-state index contributed by atoms with van der Waals surface area (Å²) in [5.41, 5.74) is 0.873. The molecule has 92 valence electrons. The highest BCUT2D eigenvalue weighted by atomic mass is 32.1. The second kappa shape index (κ2) is 4.10. The van der Waals surface area contributed by atoms with Crippen LogP contribution in [0.25, 0.3) is 9.40 Å². The van der Waals surface area contributed by atoms with Gasteiger partial charge in [-0.2, -0.15) is 0 Å². The van der Waals surface area contributed by atoms with Crippen LogP contribution in [0.5, 0.6) is 0 Å². The summed E-state index contributed by atoms with van der Waals surface area (Å²) in [6, 6.07) is 2.20. The summed E-state index contributed by atoms with van der Waals surface area (Å²) in [7, 11) is 1.43. The number of carbonyl (C=O) groups excluding carboxylic acids is 1. The second-order valence-corrected chi connectivity index (χ2v) is 7.39. The standard InChI is InChI=1S/C13H16O2S2/c1-7-10(12(14)15-5)11-8(16-7)6-9(17-11)13(2,3)4/h6H,1-5H3. The van der Waals surface area contributed by atoms with Crippen molar-refractivity contribution in [3.63, 3.8) is 0 Å². The molecule has 2 aromatic rings. The second-order valence-electron chi connectivity index (χ2n) is 5.08. The Kier molecular flexibility index (Phi) is 3.04. The van der Waals surface area contributed by atoms with Crippen molar-refractivity contribution in [2.24, 2.45) is 0 Å². The van der Waals surface area contributed by atoms with Gasteiger partial charge in [-0.25, -0.2) is 4.79 Å². The molecule has 0 spiro atoms. The Morgan fingerprint density at radius 3 is 2.47 bits per heavy atom. The highest BCUT2D eigenvalue weighted by molar-refractivity contribution is 7.28. The van der Waals surface area contributed by atoms with Gasteiger partial charge in [0.15, 0.2) is 0 Å². The zero-order valence-corrected chi connectivity index (χ0v) is 12.3. The molecule has 0 aliphatic heterocycles. The molecule has 2 heterocycles. The van der Waals surface area contributed by atoms with E-state index in [1.807, 2.05) is 6.92 Å². The van der Waals surface area contributed by atoms with Crippen LogP contribution in [-0.2, 0) is 10.2 Å². The first-order valence-corrected chi connectivity index (χ1v) is 7.09. The molecule has 0 saturated heterocycles. The Balaban J connectivity index is 2.64. The van der Waals surface area contributed by atoms with E-state index in [9.17, 15) is 4.79 Å². The summed E-state index contributed by atoms with van der Waals surface area (Å²) in [5.74, 6) is -0.226. The van der Waals surface area contributed by atoms with Gasteiger partial charge >= 0.3 is 5.97 Å². The molecule has 0 unspecified atom stereocenters. The third-order valence-electron chi connectivity index (χ3n) is 2.67. The lowest BCUT2D eigenvalue weighted by Gasteiger charge is -2.15. The molecule has 0 fully saturated rings. The molecule has 2 rings (SSSR count). The van der Waals surface area contributed by atoms with Crippen molar-refractivity contribution in [3.05, 3.63) is 21.4 Å². The Morgan fingerprint density at radius 2 is 1.94 bits per heavy atom. The number of esters is 1. The van der Waals surface area contributed by atoms with Gasteiger partial charge in [-0.05, 0) is 18.4 Å². The minimum atomic E-state index is -0.226. The van der Waals surface area contributed by atoms with E-state index in [0.717, 1.165) is 15.1 Å². The molecule has 0 saturated carbocycles. The fraction of sp³-hybridized carbons (Fsp3) is 0.462. The molecule has 0 aliphatic carbocycles. The molecule has 0 aromatic carbocycles. The normalized spacial score (nSPS) is 12.1.